The first kappa shape index (κ1) is 20.3. The van der Waals surface area contributed by atoms with Gasteiger partial charge in [-0.1, -0.05) is 0 Å². The van der Waals surface area contributed by atoms with Crippen LogP contribution >= 0.6 is 27.3 Å². The van der Waals surface area contributed by atoms with Gasteiger partial charge in [-0.25, -0.2) is 0 Å². The van der Waals surface area contributed by atoms with Crippen LogP contribution in [0, 0.1) is 6.92 Å². The first-order valence-corrected chi connectivity index (χ1v) is 14.2. The molecule has 1 fully saturated rings. The predicted octanol–water partition coefficient (Wildman–Crippen LogP) is 0.795. The Morgan fingerprint density at radius 1 is 1.10 bits per heavy atom. The van der Waals surface area contributed by atoms with Gasteiger partial charge >= 0.3 is 198 Å². The van der Waals surface area contributed by atoms with Gasteiger partial charge < -0.3 is 0 Å². The van der Waals surface area contributed by atoms with Crippen molar-refractivity contribution in [3.05, 3.63) is 34.4 Å². The van der Waals surface area contributed by atoms with Gasteiger partial charge in [0.05, 0.1) is 0 Å². The molecule has 1 aromatic carbocycles. The zero-order chi connectivity index (χ0) is 20.7. The Morgan fingerprint density at radius 2 is 1.87 bits per heavy atom. The zero-order valence-electron chi connectivity index (χ0n) is 16.4. The third kappa shape index (κ3) is 3.74. The molecule has 1 aliphatic rings. The molecule has 5 rings (SSSR count). The normalized spacial score (nSPS) is 14.7. The molecule has 1 aliphatic heterocycles. The number of anilines is 1. The summed E-state index contributed by atoms with van der Waals surface area (Å²) in [7, 11) is 0. The quantitative estimate of drug-likeness (QED) is 0.275. The summed E-state index contributed by atoms with van der Waals surface area (Å²) in [5, 5.41) is 4.37. The number of nitrogens with one attached hydrogen (secondary N) is 1. The molecule has 156 valence electrons. The van der Waals surface area contributed by atoms with Gasteiger partial charge in [-0.2, -0.15) is 0 Å². The number of thiophene rings is 1. The summed E-state index contributed by atoms with van der Waals surface area (Å²) in [6, 6.07) is 8.06. The minimum absolute atomic E-state index is 0.417. The van der Waals surface area contributed by atoms with Gasteiger partial charge in [0.2, 0.25) is 0 Å². The average molecular weight is 598 g/mol. The Bertz CT molecular complexity index is 1230. The molecule has 4 heterocycles. The van der Waals surface area contributed by atoms with Crippen LogP contribution in [-0.2, 0) is 0 Å². The first-order chi connectivity index (χ1) is 14.6. The summed E-state index contributed by atoms with van der Waals surface area (Å²) >= 11 is 4.65. The zero-order valence-corrected chi connectivity index (χ0v) is 21.0. The summed E-state index contributed by atoms with van der Waals surface area (Å²) < 4.78 is 8.01. The monoisotopic (exact) mass is 597 g/mol. The molecule has 0 radical (unpaired) electrons. The molecule has 1 saturated heterocycles. The average Bonchev–Trinajstić information content (AvgIpc) is 3.14. The number of hydrogen-bond acceptors (Lipinski definition) is 8. The SMILES string of the molecule is C[I-]Oc1nc(N2CCNCC2)nc2c1sc1nc(-c3ccc(Br)cc3)nc(C)c12. The van der Waals surface area contributed by atoms with Gasteiger partial charge in [0.25, 0.3) is 0 Å². The van der Waals surface area contributed by atoms with E-state index in [0.29, 0.717) is 5.88 Å². The molecule has 0 aliphatic carbocycles. The van der Waals surface area contributed by atoms with Gasteiger partial charge in [0, 0.05) is 0 Å². The van der Waals surface area contributed by atoms with Crippen LogP contribution in [0.25, 0.3) is 31.8 Å². The van der Waals surface area contributed by atoms with Crippen molar-refractivity contribution in [2.24, 2.45) is 0 Å². The number of halogens is 2. The van der Waals surface area contributed by atoms with Crippen LogP contribution in [0.2, 0.25) is 0 Å². The number of piperazine rings is 1. The second-order valence-electron chi connectivity index (χ2n) is 6.90. The number of fused-ring (bicyclic) bond motifs is 3. The summed E-state index contributed by atoms with van der Waals surface area (Å²) in [6.45, 7) is 5.66. The van der Waals surface area contributed by atoms with Crippen LogP contribution in [0.15, 0.2) is 28.7 Å². The Balaban J connectivity index is 1.70. The van der Waals surface area contributed by atoms with E-state index >= 15 is 0 Å². The van der Waals surface area contributed by atoms with E-state index in [1.54, 1.807) is 11.3 Å². The van der Waals surface area contributed by atoms with Gasteiger partial charge in [-0.05, 0) is 0 Å². The van der Waals surface area contributed by atoms with E-state index in [2.05, 4.69) is 31.1 Å². The standard InChI is InChI=1S/C20H19BrIN6OS/c1-11-14-15-16(18(29-22-2)27-20(25-15)28-9-7-23-8-10-28)30-19(14)26-17(24-11)12-3-5-13(21)6-4-12/h3-6,23H,7-10H2,1-2H3/q-1. The molecule has 0 saturated carbocycles. The fourth-order valence-corrected chi connectivity index (χ4v) is 5.77. The van der Waals surface area contributed by atoms with Crippen LogP contribution in [0.4, 0.5) is 5.95 Å². The van der Waals surface area contributed by atoms with Crippen molar-refractivity contribution >= 4 is 53.6 Å². The van der Waals surface area contributed by atoms with E-state index in [1.165, 1.54) is 0 Å². The molecular weight excluding hydrogens is 579 g/mol. The van der Waals surface area contributed by atoms with Crippen molar-refractivity contribution in [2.45, 2.75) is 6.92 Å². The molecule has 1 N–H and O–H groups in total. The fourth-order valence-electron chi connectivity index (χ4n) is 3.53. The number of rotatable bonds is 4. The molecular formula is C20H19BrIN6OS-. The number of aryl methyl sites for hydroxylation is 1. The van der Waals surface area contributed by atoms with Crippen molar-refractivity contribution in [3.63, 3.8) is 0 Å². The fraction of sp³-hybridized carbons (Fsp3) is 0.300. The van der Waals surface area contributed by atoms with Crippen molar-refractivity contribution in [1.82, 2.24) is 25.3 Å². The Hall–Kier alpha value is -1.63. The van der Waals surface area contributed by atoms with Gasteiger partial charge in [0.1, 0.15) is 0 Å². The van der Waals surface area contributed by atoms with E-state index in [9.17, 15) is 0 Å². The van der Waals surface area contributed by atoms with Crippen LogP contribution in [0.5, 0.6) is 5.88 Å². The van der Waals surface area contributed by atoms with Crippen LogP contribution in [0.3, 0.4) is 0 Å². The van der Waals surface area contributed by atoms with E-state index in [-0.39, 0.29) is 0 Å². The van der Waals surface area contributed by atoms with Crippen molar-refractivity contribution in [2.75, 3.05) is 36.0 Å². The Labute approximate surface area is 197 Å². The summed E-state index contributed by atoms with van der Waals surface area (Å²) in [4.78, 5) is 24.6. The van der Waals surface area contributed by atoms with E-state index in [4.69, 9.17) is 23.0 Å². The second kappa shape index (κ2) is 8.48. The molecule has 7 nitrogen and oxygen atoms in total. The summed E-state index contributed by atoms with van der Waals surface area (Å²) in [5.41, 5.74) is 2.81. The Kier molecular flexibility index (Phi) is 5.73. The number of benzene rings is 1. The predicted molar refractivity (Wildman–Crippen MR) is 120 cm³/mol. The Morgan fingerprint density at radius 3 is 2.60 bits per heavy atom. The van der Waals surface area contributed by atoms with Crippen molar-refractivity contribution < 1.29 is 24.7 Å². The molecule has 3 aromatic heterocycles. The molecule has 4 aromatic rings. The topological polar surface area (TPSA) is 76.1 Å². The number of nitrogens with zero attached hydrogens (tertiary/aromatic N) is 5. The van der Waals surface area contributed by atoms with Crippen LogP contribution in [-0.4, -0.2) is 51.0 Å². The molecule has 0 atom stereocenters. The summed E-state index contributed by atoms with van der Waals surface area (Å²) in [5.74, 6) is 2.13. The maximum atomic E-state index is 6.02. The number of alkyl halides is 1. The van der Waals surface area contributed by atoms with Gasteiger partial charge in [-0.3, -0.25) is 0 Å². The molecule has 0 unspecified atom stereocenters. The van der Waals surface area contributed by atoms with Crippen LogP contribution < -0.4 is 34.9 Å². The maximum absolute atomic E-state index is 6.02. The minimum atomic E-state index is -0.417. The molecule has 10 heteroatoms. The molecule has 0 spiro atoms. The summed E-state index contributed by atoms with van der Waals surface area (Å²) in [6.07, 6.45) is 0. The number of aromatic nitrogens is 4. The molecule has 0 amide bonds. The van der Waals surface area contributed by atoms with E-state index in [1.807, 2.05) is 31.2 Å². The molecule has 0 bridgehead atoms. The van der Waals surface area contributed by atoms with E-state index in [0.717, 1.165) is 74.1 Å². The third-order valence-corrected chi connectivity index (χ3v) is 7.41. The molecule has 30 heavy (non-hydrogen) atoms. The van der Waals surface area contributed by atoms with E-state index < -0.39 is 21.6 Å². The number of hydrogen-bond donors (Lipinski definition) is 1. The van der Waals surface area contributed by atoms with Crippen molar-refractivity contribution in [3.8, 4) is 17.3 Å². The third-order valence-electron chi connectivity index (χ3n) is 4.97. The first-order valence-electron chi connectivity index (χ1n) is 9.51. The van der Waals surface area contributed by atoms with Crippen LogP contribution in [0.1, 0.15) is 5.69 Å². The van der Waals surface area contributed by atoms with Gasteiger partial charge in [-0.15, -0.1) is 0 Å². The second-order valence-corrected chi connectivity index (χ2v) is 10.1. The van der Waals surface area contributed by atoms with Crippen molar-refractivity contribution in [1.29, 1.82) is 0 Å². The van der Waals surface area contributed by atoms with Gasteiger partial charge in [0.15, 0.2) is 0 Å².